The van der Waals surface area contributed by atoms with Gasteiger partial charge in [-0.3, -0.25) is 9.48 Å². The SMILES string of the molecule is C[C@@H](c1cccc(-c2ncc(O[C@@H](C)C(C)(C)O)cn2)c1)c1nn(-c2cnn(C)c2)ccc1=O. The fourth-order valence-electron chi connectivity index (χ4n) is 3.37. The van der Waals surface area contributed by atoms with Crippen molar-refractivity contribution in [1.82, 2.24) is 29.5 Å². The lowest BCUT2D eigenvalue weighted by Crippen LogP contribution is -2.37. The highest BCUT2D eigenvalue weighted by atomic mass is 16.5. The number of rotatable bonds is 7. The summed E-state index contributed by atoms with van der Waals surface area (Å²) in [6.07, 6.45) is 7.93. The van der Waals surface area contributed by atoms with Crippen molar-refractivity contribution >= 4 is 0 Å². The zero-order valence-corrected chi connectivity index (χ0v) is 19.9. The van der Waals surface area contributed by atoms with Gasteiger partial charge in [0.2, 0.25) is 5.43 Å². The second-order valence-electron chi connectivity index (χ2n) is 8.89. The maximum Gasteiger partial charge on any atom is 0.203 e. The Hall–Kier alpha value is -3.85. The van der Waals surface area contributed by atoms with E-state index in [0.29, 0.717) is 17.3 Å². The second kappa shape index (κ2) is 9.18. The van der Waals surface area contributed by atoms with Crippen LogP contribution in [0, 0.1) is 0 Å². The summed E-state index contributed by atoms with van der Waals surface area (Å²) < 4.78 is 9.06. The van der Waals surface area contributed by atoms with Gasteiger partial charge in [0.1, 0.15) is 17.5 Å². The molecule has 176 valence electrons. The molecule has 0 aliphatic carbocycles. The van der Waals surface area contributed by atoms with E-state index in [1.807, 2.05) is 44.4 Å². The van der Waals surface area contributed by atoms with E-state index in [0.717, 1.165) is 16.8 Å². The molecule has 0 radical (unpaired) electrons. The van der Waals surface area contributed by atoms with Crippen LogP contribution >= 0.6 is 0 Å². The van der Waals surface area contributed by atoms with Gasteiger partial charge in [0.15, 0.2) is 11.6 Å². The molecule has 9 nitrogen and oxygen atoms in total. The molecule has 0 fully saturated rings. The molecule has 3 heterocycles. The molecule has 0 unspecified atom stereocenters. The lowest BCUT2D eigenvalue weighted by atomic mass is 9.95. The molecule has 4 aromatic rings. The molecule has 1 aromatic carbocycles. The van der Waals surface area contributed by atoms with Gasteiger partial charge in [0.25, 0.3) is 0 Å². The maximum atomic E-state index is 12.6. The summed E-state index contributed by atoms with van der Waals surface area (Å²) in [6.45, 7) is 7.12. The van der Waals surface area contributed by atoms with E-state index < -0.39 is 11.7 Å². The Balaban J connectivity index is 1.59. The second-order valence-corrected chi connectivity index (χ2v) is 8.89. The lowest BCUT2D eigenvalue weighted by molar-refractivity contribution is -0.0244. The van der Waals surface area contributed by atoms with Crippen LogP contribution in [0.1, 0.15) is 44.9 Å². The van der Waals surface area contributed by atoms with Crippen LogP contribution in [0.4, 0.5) is 0 Å². The fraction of sp³-hybridized carbons (Fsp3) is 0.320. The lowest BCUT2D eigenvalue weighted by Gasteiger charge is -2.26. The Bertz CT molecular complexity index is 1340. The Morgan fingerprint density at radius 1 is 1.09 bits per heavy atom. The summed E-state index contributed by atoms with van der Waals surface area (Å²) in [7, 11) is 1.83. The minimum absolute atomic E-state index is 0.128. The number of aryl methyl sites for hydroxylation is 1. The topological polar surface area (TPSA) is 108 Å². The van der Waals surface area contributed by atoms with Gasteiger partial charge < -0.3 is 9.84 Å². The first-order valence-corrected chi connectivity index (χ1v) is 11.0. The summed E-state index contributed by atoms with van der Waals surface area (Å²) in [5.74, 6) is 0.769. The van der Waals surface area contributed by atoms with E-state index in [2.05, 4.69) is 20.2 Å². The van der Waals surface area contributed by atoms with E-state index >= 15 is 0 Å². The standard InChI is InChI=1S/C25H28N6O3/c1-16(23-22(32)9-10-31(29-23)20-12-28-30(5)15-20)18-7-6-8-19(11-18)24-26-13-21(14-27-24)34-17(2)25(3,4)33/h6-17,33H,1-5H3/t16-,17-/m0/s1. The molecule has 34 heavy (non-hydrogen) atoms. The van der Waals surface area contributed by atoms with Gasteiger partial charge in [-0.05, 0) is 32.4 Å². The molecule has 1 N–H and O–H groups in total. The first-order valence-electron chi connectivity index (χ1n) is 11.0. The van der Waals surface area contributed by atoms with Crippen LogP contribution in [-0.4, -0.2) is 46.3 Å². The van der Waals surface area contributed by atoms with Gasteiger partial charge >= 0.3 is 0 Å². The summed E-state index contributed by atoms with van der Waals surface area (Å²) in [5.41, 5.74) is 1.84. The third-order valence-corrected chi connectivity index (χ3v) is 5.78. The Kier molecular flexibility index (Phi) is 6.30. The molecule has 0 saturated heterocycles. The van der Waals surface area contributed by atoms with Crippen molar-refractivity contribution in [2.24, 2.45) is 7.05 Å². The molecule has 9 heteroatoms. The molecule has 0 aliphatic heterocycles. The first-order chi connectivity index (χ1) is 16.1. The maximum absolute atomic E-state index is 12.6. The van der Waals surface area contributed by atoms with E-state index in [9.17, 15) is 9.90 Å². The Morgan fingerprint density at radius 3 is 2.47 bits per heavy atom. The molecule has 0 saturated carbocycles. The van der Waals surface area contributed by atoms with Crippen molar-refractivity contribution in [2.75, 3.05) is 0 Å². The average molecular weight is 461 g/mol. The first kappa shape index (κ1) is 23.3. The van der Waals surface area contributed by atoms with Gasteiger partial charge in [-0.25, -0.2) is 14.6 Å². The zero-order valence-electron chi connectivity index (χ0n) is 19.9. The van der Waals surface area contributed by atoms with Crippen molar-refractivity contribution in [3.05, 3.63) is 82.8 Å². The Morgan fingerprint density at radius 2 is 1.82 bits per heavy atom. The van der Waals surface area contributed by atoms with Crippen molar-refractivity contribution in [1.29, 1.82) is 0 Å². The number of aromatic nitrogens is 6. The number of aliphatic hydroxyl groups is 1. The van der Waals surface area contributed by atoms with E-state index in [1.165, 1.54) is 6.07 Å². The molecule has 0 spiro atoms. The number of benzene rings is 1. The van der Waals surface area contributed by atoms with Crippen molar-refractivity contribution in [2.45, 2.75) is 45.3 Å². The van der Waals surface area contributed by atoms with Crippen LogP contribution in [0.5, 0.6) is 5.75 Å². The van der Waals surface area contributed by atoms with Crippen molar-refractivity contribution in [3.63, 3.8) is 0 Å². The van der Waals surface area contributed by atoms with E-state index in [1.54, 1.807) is 54.9 Å². The van der Waals surface area contributed by atoms with Crippen molar-refractivity contribution in [3.8, 4) is 22.8 Å². The summed E-state index contributed by atoms with van der Waals surface area (Å²) in [5, 5.41) is 18.8. The number of hydrogen-bond acceptors (Lipinski definition) is 7. The van der Waals surface area contributed by atoms with Crippen LogP contribution in [-0.2, 0) is 7.05 Å². The van der Waals surface area contributed by atoms with Crippen LogP contribution in [0.15, 0.2) is 66.1 Å². The van der Waals surface area contributed by atoms with E-state index in [4.69, 9.17) is 4.74 Å². The molecule has 4 rings (SSSR count). The number of nitrogens with zero attached hydrogens (tertiary/aromatic N) is 6. The minimum Gasteiger partial charge on any atom is -0.484 e. The van der Waals surface area contributed by atoms with Crippen LogP contribution in [0.3, 0.4) is 0 Å². The number of hydrogen-bond donors (Lipinski definition) is 1. The smallest absolute Gasteiger partial charge is 0.203 e. The summed E-state index contributed by atoms with van der Waals surface area (Å²) in [6, 6.07) is 9.26. The monoisotopic (exact) mass is 460 g/mol. The van der Waals surface area contributed by atoms with Gasteiger partial charge in [-0.2, -0.15) is 10.2 Å². The molecule has 3 aromatic heterocycles. The molecular formula is C25H28N6O3. The molecule has 0 bridgehead atoms. The largest absolute Gasteiger partial charge is 0.484 e. The molecule has 2 atom stereocenters. The minimum atomic E-state index is -0.982. The summed E-state index contributed by atoms with van der Waals surface area (Å²) >= 11 is 0. The van der Waals surface area contributed by atoms with Gasteiger partial charge in [-0.1, -0.05) is 25.1 Å². The van der Waals surface area contributed by atoms with Crippen LogP contribution in [0.2, 0.25) is 0 Å². The van der Waals surface area contributed by atoms with Gasteiger partial charge in [-0.15, -0.1) is 0 Å². The molecular weight excluding hydrogens is 432 g/mol. The van der Waals surface area contributed by atoms with Crippen LogP contribution in [0.25, 0.3) is 17.1 Å². The highest BCUT2D eigenvalue weighted by Crippen LogP contribution is 2.26. The van der Waals surface area contributed by atoms with Crippen LogP contribution < -0.4 is 10.2 Å². The number of ether oxygens (including phenoxy) is 1. The quantitative estimate of drug-likeness (QED) is 0.451. The normalized spacial score (nSPS) is 13.5. The third kappa shape index (κ3) is 5.04. The van der Waals surface area contributed by atoms with Crippen molar-refractivity contribution < 1.29 is 9.84 Å². The van der Waals surface area contributed by atoms with Gasteiger partial charge in [0.05, 0.1) is 30.4 Å². The highest BCUT2D eigenvalue weighted by molar-refractivity contribution is 5.57. The predicted molar refractivity (Wildman–Crippen MR) is 128 cm³/mol. The zero-order chi connectivity index (χ0) is 24.5. The predicted octanol–water partition coefficient (Wildman–Crippen LogP) is 3.11. The molecule has 0 amide bonds. The highest BCUT2D eigenvalue weighted by Gasteiger charge is 2.24. The summed E-state index contributed by atoms with van der Waals surface area (Å²) in [4.78, 5) is 21.5. The average Bonchev–Trinajstić information content (AvgIpc) is 3.25. The van der Waals surface area contributed by atoms with Gasteiger partial charge in [0, 0.05) is 30.8 Å². The van der Waals surface area contributed by atoms with E-state index in [-0.39, 0.29) is 11.3 Å². The fourth-order valence-corrected chi connectivity index (χ4v) is 3.37. The Labute approximate surface area is 197 Å². The third-order valence-electron chi connectivity index (χ3n) is 5.78. The molecule has 0 aliphatic rings.